The molecule has 0 unspecified atom stereocenters. The van der Waals surface area contributed by atoms with Crippen molar-refractivity contribution in [2.75, 3.05) is 38.5 Å². The van der Waals surface area contributed by atoms with Crippen molar-refractivity contribution >= 4 is 29.1 Å². The third-order valence-corrected chi connectivity index (χ3v) is 6.33. The van der Waals surface area contributed by atoms with Gasteiger partial charge in [0.25, 0.3) is 11.8 Å². The number of hydrazine groups is 1. The summed E-state index contributed by atoms with van der Waals surface area (Å²) in [5.41, 5.74) is 4.71. The molecule has 0 bridgehead atoms. The smallest absolute Gasteiger partial charge is 0.267 e. The van der Waals surface area contributed by atoms with Gasteiger partial charge in [0.1, 0.15) is 5.82 Å². The van der Waals surface area contributed by atoms with Gasteiger partial charge in [-0.3, -0.25) is 19.7 Å². The number of piperazine rings is 1. The normalized spacial score (nSPS) is 15.1. The summed E-state index contributed by atoms with van der Waals surface area (Å²) in [4.78, 5) is 28.4. The Bertz CT molecular complexity index is 1260. The molecule has 1 aliphatic rings. The summed E-state index contributed by atoms with van der Waals surface area (Å²) >= 11 is 6.31. The number of benzene rings is 2. The molecule has 0 saturated carbocycles. The minimum absolute atomic E-state index is 0.262. The molecule has 2 aromatic carbocycles. The van der Waals surface area contributed by atoms with Crippen molar-refractivity contribution < 1.29 is 14.0 Å². The predicted octanol–water partition coefficient (Wildman–Crippen LogP) is 4.24. The van der Waals surface area contributed by atoms with Crippen LogP contribution in [0.2, 0.25) is 5.02 Å². The van der Waals surface area contributed by atoms with Crippen LogP contribution in [0.15, 0.2) is 48.7 Å². The zero-order valence-corrected chi connectivity index (χ0v) is 21.6. The van der Waals surface area contributed by atoms with Gasteiger partial charge in [-0.2, -0.15) is 5.10 Å². The zero-order chi connectivity index (χ0) is 26.0. The number of aromatic nitrogens is 2. The van der Waals surface area contributed by atoms with E-state index in [0.717, 1.165) is 13.1 Å². The van der Waals surface area contributed by atoms with Gasteiger partial charge in [-0.15, -0.1) is 0 Å². The molecule has 36 heavy (non-hydrogen) atoms. The highest BCUT2D eigenvalue weighted by Crippen LogP contribution is 2.30. The molecule has 10 heteroatoms. The Morgan fingerprint density at radius 3 is 2.28 bits per heavy atom. The van der Waals surface area contributed by atoms with Crippen molar-refractivity contribution in [2.24, 2.45) is 0 Å². The second-order valence-electron chi connectivity index (χ2n) is 9.88. The summed E-state index contributed by atoms with van der Waals surface area (Å²) in [5, 5.41) is 9.44. The molecule has 0 radical (unpaired) electrons. The van der Waals surface area contributed by atoms with Crippen LogP contribution in [0.3, 0.4) is 0 Å². The minimum Gasteiger partial charge on any atom is -0.322 e. The number of hydrogen-bond donors (Lipinski definition) is 2. The maximum atomic E-state index is 13.6. The van der Waals surface area contributed by atoms with Crippen molar-refractivity contribution in [1.82, 2.24) is 25.1 Å². The fraction of sp³-hybridized carbons (Fsp3) is 0.346. The summed E-state index contributed by atoms with van der Waals surface area (Å²) in [6.07, 6.45) is 1.50. The van der Waals surface area contributed by atoms with Gasteiger partial charge in [0.2, 0.25) is 0 Å². The first-order chi connectivity index (χ1) is 17.0. The van der Waals surface area contributed by atoms with Gasteiger partial charge in [0, 0.05) is 37.4 Å². The molecule has 1 aromatic heterocycles. The Kier molecular flexibility index (Phi) is 7.44. The fourth-order valence-electron chi connectivity index (χ4n) is 4.01. The Labute approximate surface area is 215 Å². The van der Waals surface area contributed by atoms with Crippen LogP contribution in [0, 0.1) is 5.82 Å². The first-order valence-corrected chi connectivity index (χ1v) is 12.1. The second-order valence-corrected chi connectivity index (χ2v) is 10.3. The second kappa shape index (κ2) is 10.4. The summed E-state index contributed by atoms with van der Waals surface area (Å²) < 4.78 is 15.3. The topological polar surface area (TPSA) is 82.5 Å². The van der Waals surface area contributed by atoms with Crippen molar-refractivity contribution in [3.8, 4) is 11.3 Å². The molecule has 2 amide bonds. The molecule has 3 aromatic rings. The van der Waals surface area contributed by atoms with Gasteiger partial charge in [0.15, 0.2) is 0 Å². The lowest BCUT2D eigenvalue weighted by molar-refractivity contribution is 0.0662. The summed E-state index contributed by atoms with van der Waals surface area (Å²) in [6.45, 7) is 9.03. The van der Waals surface area contributed by atoms with Crippen LogP contribution in [0.1, 0.15) is 41.5 Å². The number of hydrogen-bond acceptors (Lipinski definition) is 5. The first kappa shape index (κ1) is 25.8. The van der Waals surface area contributed by atoms with Crippen LogP contribution in [0.25, 0.3) is 11.3 Å². The quantitative estimate of drug-likeness (QED) is 0.534. The third-order valence-electron chi connectivity index (χ3n) is 6.00. The van der Waals surface area contributed by atoms with Crippen LogP contribution in [0.4, 0.5) is 10.1 Å². The Morgan fingerprint density at radius 1 is 0.972 bits per heavy atom. The van der Waals surface area contributed by atoms with Gasteiger partial charge in [-0.25, -0.2) is 9.40 Å². The van der Waals surface area contributed by atoms with E-state index in [-0.39, 0.29) is 22.3 Å². The average molecular weight is 513 g/mol. The maximum Gasteiger partial charge on any atom is 0.267 e. The number of rotatable bonds is 5. The van der Waals surface area contributed by atoms with E-state index < -0.39 is 11.4 Å². The highest BCUT2D eigenvalue weighted by molar-refractivity contribution is 6.34. The van der Waals surface area contributed by atoms with Gasteiger partial charge in [-0.05, 0) is 70.3 Å². The van der Waals surface area contributed by atoms with Crippen molar-refractivity contribution in [3.05, 3.63) is 70.6 Å². The number of carbonyl (C=O) groups is 2. The molecular formula is C26H30ClFN6O2. The van der Waals surface area contributed by atoms with E-state index in [0.29, 0.717) is 35.6 Å². The van der Waals surface area contributed by atoms with E-state index in [4.69, 9.17) is 11.6 Å². The molecule has 2 heterocycles. The maximum absolute atomic E-state index is 13.6. The van der Waals surface area contributed by atoms with E-state index in [1.807, 2.05) is 32.8 Å². The van der Waals surface area contributed by atoms with Crippen LogP contribution in [-0.2, 0) is 5.54 Å². The van der Waals surface area contributed by atoms with E-state index in [9.17, 15) is 14.0 Å². The lowest BCUT2D eigenvalue weighted by Crippen LogP contribution is -2.52. The largest absolute Gasteiger partial charge is 0.322 e. The Hall–Kier alpha value is -3.27. The van der Waals surface area contributed by atoms with Crippen molar-refractivity contribution in [1.29, 1.82) is 0 Å². The fourth-order valence-corrected chi connectivity index (χ4v) is 4.21. The van der Waals surface area contributed by atoms with E-state index in [1.165, 1.54) is 18.3 Å². The van der Waals surface area contributed by atoms with Gasteiger partial charge >= 0.3 is 0 Å². The molecule has 2 N–H and O–H groups in total. The Balaban J connectivity index is 1.58. The van der Waals surface area contributed by atoms with Crippen LogP contribution >= 0.6 is 11.6 Å². The summed E-state index contributed by atoms with van der Waals surface area (Å²) in [6, 6.07) is 10.7. The number of carbonyl (C=O) groups excluding carboxylic acids is 2. The molecule has 8 nitrogen and oxygen atoms in total. The Morgan fingerprint density at radius 2 is 1.64 bits per heavy atom. The molecule has 190 valence electrons. The van der Waals surface area contributed by atoms with Crippen LogP contribution in [0.5, 0.6) is 0 Å². The first-order valence-electron chi connectivity index (χ1n) is 11.7. The molecule has 1 aliphatic heterocycles. The van der Waals surface area contributed by atoms with Crippen LogP contribution < -0.4 is 10.7 Å². The third kappa shape index (κ3) is 5.75. The highest BCUT2D eigenvalue weighted by Gasteiger charge is 2.26. The van der Waals surface area contributed by atoms with Crippen LogP contribution in [-0.4, -0.2) is 64.7 Å². The van der Waals surface area contributed by atoms with Crippen molar-refractivity contribution in [3.63, 3.8) is 0 Å². The van der Waals surface area contributed by atoms with Gasteiger partial charge < -0.3 is 10.2 Å². The molecule has 0 spiro atoms. The van der Waals surface area contributed by atoms with E-state index >= 15 is 0 Å². The summed E-state index contributed by atoms with van der Waals surface area (Å²) in [5.74, 6) is -1.11. The lowest BCUT2D eigenvalue weighted by Gasteiger charge is -2.32. The molecule has 1 saturated heterocycles. The zero-order valence-electron chi connectivity index (χ0n) is 20.8. The number of halogens is 2. The molecule has 4 rings (SSSR count). The van der Waals surface area contributed by atoms with Crippen molar-refractivity contribution in [2.45, 2.75) is 26.3 Å². The van der Waals surface area contributed by atoms with E-state index in [1.54, 1.807) is 35.0 Å². The predicted molar refractivity (Wildman–Crippen MR) is 139 cm³/mol. The number of nitrogens with one attached hydrogen (secondary N) is 2. The standard InChI is InChI=1S/C26H30ClFN6O2/c1-26(2,3)34-23(17-5-7-18(28)8-6-17)21(16-29-34)24(35)30-19-9-10-22(27)20(15-19)25(36)31-33-13-11-32(4)12-14-33/h5-10,15-16H,11-14H2,1-4H3,(H,30,35)(H,31,36). The monoisotopic (exact) mass is 512 g/mol. The van der Waals surface area contributed by atoms with E-state index in [2.05, 4.69) is 20.7 Å². The number of likely N-dealkylation sites (N-methyl/N-ethyl adjacent to an activating group) is 1. The van der Waals surface area contributed by atoms with Gasteiger partial charge in [-0.1, -0.05) is 11.6 Å². The summed E-state index contributed by atoms with van der Waals surface area (Å²) in [7, 11) is 2.04. The SMILES string of the molecule is CN1CCN(NC(=O)c2cc(NC(=O)c3cnn(C(C)(C)C)c3-c3ccc(F)cc3)ccc2Cl)CC1. The molecular weight excluding hydrogens is 483 g/mol. The lowest BCUT2D eigenvalue weighted by atomic mass is 10.0. The number of anilines is 1. The van der Waals surface area contributed by atoms with Gasteiger partial charge in [0.05, 0.1) is 33.6 Å². The average Bonchev–Trinajstić information content (AvgIpc) is 3.28. The number of amides is 2. The molecule has 0 aliphatic carbocycles. The minimum atomic E-state index is -0.420. The molecule has 0 atom stereocenters. The molecule has 1 fully saturated rings. The number of nitrogens with zero attached hydrogens (tertiary/aromatic N) is 4. The highest BCUT2D eigenvalue weighted by atomic mass is 35.5.